The number of aliphatic hydroxyl groups is 2. The predicted octanol–water partition coefficient (Wildman–Crippen LogP) is 0.511. The molecule has 0 aliphatic rings. The molecule has 1 aromatic carbocycles. The maximum atomic E-state index is 11.3. The van der Waals surface area contributed by atoms with E-state index in [2.05, 4.69) is 4.98 Å². The van der Waals surface area contributed by atoms with Gasteiger partial charge >= 0.3 is 0 Å². The van der Waals surface area contributed by atoms with Crippen LogP contribution in [0.4, 0.5) is 0 Å². The van der Waals surface area contributed by atoms with Gasteiger partial charge in [0.15, 0.2) is 6.29 Å². The molecule has 0 spiro atoms. The Hall–Kier alpha value is -1.65. The molecule has 2 rings (SSSR count). The first kappa shape index (κ1) is 8.93. The lowest BCUT2D eigenvalue weighted by Gasteiger charge is -2.06. The third-order valence-corrected chi connectivity index (χ3v) is 2.12. The fraction of sp³-hybridized carbons (Fsp3) is 0.100. The second-order valence-corrected chi connectivity index (χ2v) is 2.99. The van der Waals surface area contributed by atoms with E-state index in [1.165, 1.54) is 6.20 Å². The Morgan fingerprint density at radius 2 is 1.79 bits per heavy atom. The van der Waals surface area contributed by atoms with Gasteiger partial charge in [-0.2, -0.15) is 0 Å². The van der Waals surface area contributed by atoms with Crippen molar-refractivity contribution in [2.75, 3.05) is 0 Å². The lowest BCUT2D eigenvalue weighted by atomic mass is 10.1. The Balaban J connectivity index is 2.89. The fourth-order valence-corrected chi connectivity index (χ4v) is 1.45. The van der Waals surface area contributed by atoms with E-state index < -0.39 is 6.29 Å². The van der Waals surface area contributed by atoms with Gasteiger partial charge in [0.1, 0.15) is 0 Å². The summed E-state index contributed by atoms with van der Waals surface area (Å²) in [6, 6.07) is 6.79. The minimum atomic E-state index is -1.57. The Bertz CT molecular complexity index is 516. The molecular weight excluding hydrogens is 182 g/mol. The number of hydrogen-bond donors (Lipinski definition) is 3. The van der Waals surface area contributed by atoms with Crippen molar-refractivity contribution in [1.29, 1.82) is 0 Å². The second-order valence-electron chi connectivity index (χ2n) is 2.99. The molecule has 0 aliphatic carbocycles. The lowest BCUT2D eigenvalue weighted by molar-refractivity contribution is -0.0415. The Morgan fingerprint density at radius 1 is 1.14 bits per heavy atom. The average Bonchev–Trinajstić information content (AvgIpc) is 2.18. The van der Waals surface area contributed by atoms with Gasteiger partial charge in [-0.05, 0) is 11.5 Å². The van der Waals surface area contributed by atoms with E-state index in [1.807, 2.05) is 0 Å². The highest BCUT2D eigenvalue weighted by molar-refractivity contribution is 5.84. The van der Waals surface area contributed by atoms with Crippen LogP contribution in [0.5, 0.6) is 0 Å². The van der Waals surface area contributed by atoms with Crippen molar-refractivity contribution in [3.8, 4) is 0 Å². The van der Waals surface area contributed by atoms with Crippen LogP contribution in [-0.4, -0.2) is 15.2 Å². The number of hydrogen-bond acceptors (Lipinski definition) is 3. The zero-order valence-electron chi connectivity index (χ0n) is 7.27. The molecule has 4 heteroatoms. The molecule has 0 amide bonds. The van der Waals surface area contributed by atoms with Gasteiger partial charge in [0, 0.05) is 17.1 Å². The first-order valence-electron chi connectivity index (χ1n) is 4.16. The van der Waals surface area contributed by atoms with E-state index in [1.54, 1.807) is 24.3 Å². The fourth-order valence-electron chi connectivity index (χ4n) is 1.45. The average molecular weight is 191 g/mol. The summed E-state index contributed by atoms with van der Waals surface area (Å²) >= 11 is 0. The van der Waals surface area contributed by atoms with Gasteiger partial charge in [0.05, 0.1) is 0 Å². The molecule has 0 fully saturated rings. The number of aliphatic hydroxyl groups excluding tert-OH is 1. The smallest absolute Gasteiger partial charge is 0.255 e. The SMILES string of the molecule is O=c1[nH]cc(C(O)O)c2ccccc12. The van der Waals surface area contributed by atoms with Crippen LogP contribution in [0.1, 0.15) is 11.9 Å². The monoisotopic (exact) mass is 191 g/mol. The van der Waals surface area contributed by atoms with Gasteiger partial charge in [-0.3, -0.25) is 4.79 Å². The molecule has 0 saturated heterocycles. The number of pyridine rings is 1. The number of nitrogens with one attached hydrogen (secondary N) is 1. The molecule has 2 aromatic rings. The largest absolute Gasteiger partial charge is 0.364 e. The number of benzene rings is 1. The summed E-state index contributed by atoms with van der Waals surface area (Å²) in [6.07, 6.45) is -0.258. The Kier molecular flexibility index (Phi) is 2.07. The first-order chi connectivity index (χ1) is 6.70. The van der Waals surface area contributed by atoms with E-state index in [4.69, 9.17) is 10.2 Å². The first-order valence-corrected chi connectivity index (χ1v) is 4.16. The molecule has 72 valence electrons. The molecule has 0 aliphatic heterocycles. The Morgan fingerprint density at radius 3 is 2.43 bits per heavy atom. The van der Waals surface area contributed by atoms with Crippen molar-refractivity contribution < 1.29 is 10.2 Å². The summed E-state index contributed by atoms with van der Waals surface area (Å²) in [6.45, 7) is 0. The maximum absolute atomic E-state index is 11.3. The normalized spacial score (nSPS) is 11.1. The highest BCUT2D eigenvalue weighted by Gasteiger charge is 2.08. The van der Waals surface area contributed by atoms with Crippen molar-refractivity contribution in [1.82, 2.24) is 4.98 Å². The van der Waals surface area contributed by atoms with Crippen LogP contribution in [0.15, 0.2) is 35.3 Å². The van der Waals surface area contributed by atoms with E-state index >= 15 is 0 Å². The highest BCUT2D eigenvalue weighted by atomic mass is 16.5. The number of rotatable bonds is 1. The van der Waals surface area contributed by atoms with Crippen molar-refractivity contribution in [3.63, 3.8) is 0 Å². The van der Waals surface area contributed by atoms with Gasteiger partial charge in [-0.25, -0.2) is 0 Å². The van der Waals surface area contributed by atoms with Gasteiger partial charge in [0.25, 0.3) is 5.56 Å². The quantitative estimate of drug-likeness (QED) is 0.575. The van der Waals surface area contributed by atoms with Gasteiger partial charge in [0.2, 0.25) is 0 Å². The zero-order chi connectivity index (χ0) is 10.1. The van der Waals surface area contributed by atoms with E-state index in [0.717, 1.165) is 0 Å². The molecule has 1 heterocycles. The third-order valence-electron chi connectivity index (χ3n) is 2.12. The van der Waals surface area contributed by atoms with Crippen molar-refractivity contribution in [2.45, 2.75) is 6.29 Å². The standard InChI is InChI=1S/C10H9NO3/c12-9-7-4-2-1-3-6(7)8(5-11-9)10(13)14/h1-5,10,13-14H,(H,11,12). The van der Waals surface area contributed by atoms with Crippen molar-refractivity contribution >= 4 is 10.8 Å². The van der Waals surface area contributed by atoms with E-state index in [9.17, 15) is 4.79 Å². The lowest BCUT2D eigenvalue weighted by Crippen LogP contribution is -2.09. The second kappa shape index (κ2) is 3.25. The van der Waals surface area contributed by atoms with Crippen LogP contribution >= 0.6 is 0 Å². The number of aromatic amines is 1. The molecule has 3 N–H and O–H groups in total. The summed E-state index contributed by atoms with van der Waals surface area (Å²) in [5.74, 6) is 0. The van der Waals surface area contributed by atoms with Crippen LogP contribution in [-0.2, 0) is 0 Å². The topological polar surface area (TPSA) is 73.3 Å². The highest BCUT2D eigenvalue weighted by Crippen LogP contribution is 2.18. The van der Waals surface area contributed by atoms with E-state index in [0.29, 0.717) is 16.3 Å². The minimum absolute atomic E-state index is 0.231. The molecule has 0 atom stereocenters. The Labute approximate surface area is 79.4 Å². The van der Waals surface area contributed by atoms with Crippen LogP contribution in [0.2, 0.25) is 0 Å². The summed E-state index contributed by atoms with van der Waals surface area (Å²) in [4.78, 5) is 13.8. The molecule has 0 saturated carbocycles. The van der Waals surface area contributed by atoms with Crippen molar-refractivity contribution in [2.24, 2.45) is 0 Å². The molecule has 0 bridgehead atoms. The van der Waals surface area contributed by atoms with Crippen molar-refractivity contribution in [3.05, 3.63) is 46.4 Å². The van der Waals surface area contributed by atoms with Crippen LogP contribution in [0, 0.1) is 0 Å². The molecular formula is C10H9NO3. The number of fused-ring (bicyclic) bond motifs is 1. The minimum Gasteiger partial charge on any atom is -0.364 e. The van der Waals surface area contributed by atoms with Gasteiger partial charge in [-0.1, -0.05) is 18.2 Å². The summed E-state index contributed by atoms with van der Waals surface area (Å²) < 4.78 is 0. The van der Waals surface area contributed by atoms with Crippen LogP contribution < -0.4 is 5.56 Å². The summed E-state index contributed by atoms with van der Waals surface area (Å²) in [5, 5.41) is 19.1. The van der Waals surface area contributed by atoms with Gasteiger partial charge < -0.3 is 15.2 Å². The van der Waals surface area contributed by atoms with E-state index in [-0.39, 0.29) is 5.56 Å². The molecule has 0 radical (unpaired) electrons. The van der Waals surface area contributed by atoms with Gasteiger partial charge in [-0.15, -0.1) is 0 Å². The number of aromatic nitrogens is 1. The zero-order valence-corrected chi connectivity index (χ0v) is 7.27. The summed E-state index contributed by atoms with van der Waals surface area (Å²) in [7, 11) is 0. The van der Waals surface area contributed by atoms with Crippen LogP contribution in [0.25, 0.3) is 10.8 Å². The molecule has 1 aromatic heterocycles. The van der Waals surface area contributed by atoms with Crippen LogP contribution in [0.3, 0.4) is 0 Å². The number of H-pyrrole nitrogens is 1. The molecule has 14 heavy (non-hydrogen) atoms. The summed E-state index contributed by atoms with van der Waals surface area (Å²) in [5.41, 5.74) is 0.0743. The maximum Gasteiger partial charge on any atom is 0.255 e. The predicted molar refractivity (Wildman–Crippen MR) is 51.7 cm³/mol. The third kappa shape index (κ3) is 1.30. The molecule has 4 nitrogen and oxygen atoms in total. The molecule has 0 unspecified atom stereocenters.